The molecule has 0 bridgehead atoms. The van der Waals surface area contributed by atoms with E-state index in [1.165, 1.54) is 5.57 Å². The van der Waals surface area contributed by atoms with Crippen LogP contribution in [0.3, 0.4) is 0 Å². The maximum absolute atomic E-state index is 13.5. The van der Waals surface area contributed by atoms with Gasteiger partial charge in [-0.3, -0.25) is 4.79 Å². The van der Waals surface area contributed by atoms with E-state index in [0.717, 1.165) is 81.1 Å². The molecule has 1 aliphatic carbocycles. The number of esters is 1. The van der Waals surface area contributed by atoms with Crippen molar-refractivity contribution in [2.24, 2.45) is 11.8 Å². The number of hydrogen-bond acceptors (Lipinski definition) is 6. The summed E-state index contributed by atoms with van der Waals surface area (Å²) in [7, 11) is 0. The van der Waals surface area contributed by atoms with E-state index in [4.69, 9.17) is 9.47 Å². The second kappa shape index (κ2) is 13.9. The minimum atomic E-state index is -0.730. The fourth-order valence-electron chi connectivity index (χ4n) is 6.56. The molecule has 0 saturated carbocycles. The van der Waals surface area contributed by atoms with Crippen molar-refractivity contribution in [3.8, 4) is 11.5 Å². The maximum atomic E-state index is 13.5. The third kappa shape index (κ3) is 8.01. The van der Waals surface area contributed by atoms with E-state index in [1.807, 2.05) is 0 Å². The highest BCUT2D eigenvalue weighted by atomic mass is 16.9. The van der Waals surface area contributed by atoms with E-state index in [9.17, 15) is 14.9 Å². The minimum absolute atomic E-state index is 0.0954. The summed E-state index contributed by atoms with van der Waals surface area (Å²) in [5.74, 6) is 1.75. The zero-order valence-electron chi connectivity index (χ0n) is 25.8. The van der Waals surface area contributed by atoms with Gasteiger partial charge in [-0.25, -0.2) is 0 Å². The Labute approximate surface area is 241 Å². The standard InChI is InChI=1S/C33H51NO6/c1-8-14-24(15-9-2)31(35)39-28-21-25(32(4,5)18-12-10-11-13-19-38-34(36)37)22-29-30(28)26-20-23(3)16-17-27(26)33(6,7)40-29/h20-22,24,26-27H,8-19H2,1-7H3. The Morgan fingerprint density at radius 3 is 2.48 bits per heavy atom. The monoisotopic (exact) mass is 557 g/mol. The van der Waals surface area contributed by atoms with Gasteiger partial charge in [0.05, 0.1) is 12.5 Å². The molecule has 0 aromatic heterocycles. The molecule has 0 saturated heterocycles. The van der Waals surface area contributed by atoms with Gasteiger partial charge in [0.15, 0.2) is 0 Å². The van der Waals surface area contributed by atoms with Crippen LogP contribution in [-0.4, -0.2) is 23.3 Å². The Balaban J connectivity index is 1.92. The number of unbranched alkanes of at least 4 members (excludes halogenated alkanes) is 3. The highest BCUT2D eigenvalue weighted by molar-refractivity contribution is 5.76. The van der Waals surface area contributed by atoms with Crippen molar-refractivity contribution in [3.63, 3.8) is 0 Å². The van der Waals surface area contributed by atoms with Crippen molar-refractivity contribution in [3.05, 3.63) is 45.0 Å². The third-order valence-corrected chi connectivity index (χ3v) is 8.94. The molecule has 2 unspecified atom stereocenters. The SMILES string of the molecule is CCCC(CCC)C(=O)Oc1cc(C(C)(C)CCCCCCO[N+](=O)[O-])cc2c1C1C=C(C)CCC1C(C)(C)O2. The van der Waals surface area contributed by atoms with Crippen LogP contribution in [0.25, 0.3) is 0 Å². The van der Waals surface area contributed by atoms with Gasteiger partial charge in [0.2, 0.25) is 0 Å². The van der Waals surface area contributed by atoms with E-state index >= 15 is 0 Å². The van der Waals surface area contributed by atoms with Crippen LogP contribution in [0.5, 0.6) is 11.5 Å². The highest BCUT2D eigenvalue weighted by Gasteiger charge is 2.46. The lowest BCUT2D eigenvalue weighted by Crippen LogP contribution is -2.45. The molecule has 0 radical (unpaired) electrons. The van der Waals surface area contributed by atoms with Crippen molar-refractivity contribution < 1.29 is 24.2 Å². The van der Waals surface area contributed by atoms with E-state index in [2.05, 4.69) is 71.5 Å². The maximum Gasteiger partial charge on any atom is 0.314 e. The number of hydrogen-bond donors (Lipinski definition) is 0. The number of benzene rings is 1. The van der Waals surface area contributed by atoms with Crippen molar-refractivity contribution in [2.75, 3.05) is 6.61 Å². The van der Waals surface area contributed by atoms with E-state index < -0.39 is 5.09 Å². The molecule has 40 heavy (non-hydrogen) atoms. The molecule has 0 amide bonds. The number of carbonyl (C=O) groups excluding carboxylic acids is 1. The Kier molecular flexibility index (Phi) is 11.1. The normalized spacial score (nSPS) is 19.8. The van der Waals surface area contributed by atoms with Gasteiger partial charge in [-0.1, -0.05) is 71.4 Å². The molecule has 0 N–H and O–H groups in total. The molecule has 224 valence electrons. The lowest BCUT2D eigenvalue weighted by atomic mass is 9.67. The summed E-state index contributed by atoms with van der Waals surface area (Å²) < 4.78 is 13.1. The third-order valence-electron chi connectivity index (χ3n) is 8.94. The fraction of sp³-hybridized carbons (Fsp3) is 0.727. The predicted octanol–water partition coefficient (Wildman–Crippen LogP) is 8.86. The number of nitrogens with zero attached hydrogens (tertiary/aromatic N) is 1. The molecule has 1 aliphatic heterocycles. The van der Waals surface area contributed by atoms with Crippen LogP contribution in [0.4, 0.5) is 0 Å². The predicted molar refractivity (Wildman–Crippen MR) is 158 cm³/mol. The molecule has 1 heterocycles. The Morgan fingerprint density at radius 1 is 1.15 bits per heavy atom. The topological polar surface area (TPSA) is 87.9 Å². The fourth-order valence-corrected chi connectivity index (χ4v) is 6.56. The molecule has 7 heteroatoms. The molecular formula is C33H51NO6. The molecule has 1 aromatic rings. The molecule has 1 aromatic carbocycles. The first kappa shape index (κ1) is 32.0. The van der Waals surface area contributed by atoms with Gasteiger partial charge < -0.3 is 14.3 Å². The molecular weight excluding hydrogens is 506 g/mol. The van der Waals surface area contributed by atoms with E-state index in [-0.39, 0.29) is 35.4 Å². The first-order chi connectivity index (χ1) is 18.9. The van der Waals surface area contributed by atoms with Crippen LogP contribution in [0.1, 0.15) is 136 Å². The van der Waals surface area contributed by atoms with Gasteiger partial charge >= 0.3 is 5.97 Å². The Bertz CT molecular complexity index is 1050. The number of ether oxygens (including phenoxy) is 2. The molecule has 0 fully saturated rings. The second-order valence-electron chi connectivity index (χ2n) is 13.1. The summed E-state index contributed by atoms with van der Waals surface area (Å²) in [4.78, 5) is 28.3. The average molecular weight is 558 g/mol. The number of allylic oxidation sites excluding steroid dienone is 2. The summed E-state index contributed by atoms with van der Waals surface area (Å²) in [5.41, 5.74) is 3.03. The summed E-state index contributed by atoms with van der Waals surface area (Å²) >= 11 is 0. The largest absolute Gasteiger partial charge is 0.487 e. The lowest BCUT2D eigenvalue weighted by Gasteiger charge is -2.47. The van der Waals surface area contributed by atoms with Crippen LogP contribution in [-0.2, 0) is 15.0 Å². The van der Waals surface area contributed by atoms with Gasteiger partial charge in [-0.2, -0.15) is 0 Å². The second-order valence-corrected chi connectivity index (χ2v) is 13.1. The van der Waals surface area contributed by atoms with Crippen molar-refractivity contribution >= 4 is 5.97 Å². The molecule has 7 nitrogen and oxygen atoms in total. The highest BCUT2D eigenvalue weighted by Crippen LogP contribution is 2.54. The first-order valence-electron chi connectivity index (χ1n) is 15.4. The van der Waals surface area contributed by atoms with E-state index in [1.54, 1.807) is 0 Å². The van der Waals surface area contributed by atoms with Crippen LogP contribution in [0.2, 0.25) is 0 Å². The zero-order valence-corrected chi connectivity index (χ0v) is 25.8. The molecule has 2 atom stereocenters. The molecule has 3 rings (SSSR count). The first-order valence-corrected chi connectivity index (χ1v) is 15.4. The summed E-state index contributed by atoms with van der Waals surface area (Å²) in [6.45, 7) is 15.4. The number of carbonyl (C=O) groups is 1. The number of rotatable bonds is 15. The minimum Gasteiger partial charge on any atom is -0.487 e. The molecule has 2 aliphatic rings. The van der Waals surface area contributed by atoms with Crippen molar-refractivity contribution in [1.29, 1.82) is 0 Å². The smallest absolute Gasteiger partial charge is 0.314 e. The van der Waals surface area contributed by atoms with Crippen LogP contribution >= 0.6 is 0 Å². The Morgan fingerprint density at radius 2 is 1.82 bits per heavy atom. The quantitative estimate of drug-likeness (QED) is 0.0534. The van der Waals surface area contributed by atoms with Crippen molar-refractivity contribution in [2.45, 2.75) is 136 Å². The molecule has 0 spiro atoms. The Hall–Kier alpha value is -2.57. The summed E-state index contributed by atoms with van der Waals surface area (Å²) in [5, 5.41) is 9.62. The van der Waals surface area contributed by atoms with Crippen LogP contribution < -0.4 is 9.47 Å². The van der Waals surface area contributed by atoms with Gasteiger partial charge in [0.25, 0.3) is 5.09 Å². The lowest BCUT2D eigenvalue weighted by molar-refractivity contribution is -0.757. The van der Waals surface area contributed by atoms with Crippen LogP contribution in [0, 0.1) is 22.0 Å². The van der Waals surface area contributed by atoms with Gasteiger partial charge in [0.1, 0.15) is 17.1 Å². The van der Waals surface area contributed by atoms with E-state index in [0.29, 0.717) is 18.1 Å². The zero-order chi connectivity index (χ0) is 29.5. The van der Waals surface area contributed by atoms with Gasteiger partial charge in [-0.15, -0.1) is 10.1 Å². The van der Waals surface area contributed by atoms with Crippen molar-refractivity contribution in [1.82, 2.24) is 0 Å². The summed E-state index contributed by atoms with van der Waals surface area (Å²) in [6.07, 6.45) is 12.5. The number of fused-ring (bicyclic) bond motifs is 3. The van der Waals surface area contributed by atoms with Crippen LogP contribution in [0.15, 0.2) is 23.8 Å². The van der Waals surface area contributed by atoms with Gasteiger partial charge in [-0.05, 0) is 82.4 Å². The summed E-state index contributed by atoms with van der Waals surface area (Å²) in [6, 6.07) is 4.29. The van der Waals surface area contributed by atoms with Gasteiger partial charge in [0, 0.05) is 17.4 Å². The average Bonchev–Trinajstić information content (AvgIpc) is 2.86.